The molecule has 0 aromatic heterocycles. The summed E-state index contributed by atoms with van der Waals surface area (Å²) in [5, 5.41) is 101. The third kappa shape index (κ3) is 52.3. The number of nitrogens with zero attached hydrogens (tertiary/aromatic N) is 9. The average molecular weight is 2410 g/mol. The molecule has 1 aliphatic rings. The van der Waals surface area contributed by atoms with Crippen LogP contribution in [0.1, 0.15) is 113 Å². The van der Waals surface area contributed by atoms with Gasteiger partial charge in [0.2, 0.25) is 0 Å². The number of rotatable bonds is 67. The van der Waals surface area contributed by atoms with Crippen molar-refractivity contribution < 1.29 is 264 Å². The first-order valence-corrected chi connectivity index (χ1v) is 49.1. The van der Waals surface area contributed by atoms with Crippen molar-refractivity contribution in [2.75, 3.05) is 184 Å². The zero-order valence-electron chi connectivity index (χ0n) is 78.2. The minimum Gasteiger partial charge on any atom is -0.756 e. The van der Waals surface area contributed by atoms with Crippen molar-refractivity contribution in [3.63, 3.8) is 0 Å². The summed E-state index contributed by atoms with van der Waals surface area (Å²) in [6.07, 6.45) is 2.03. The summed E-state index contributed by atoms with van der Waals surface area (Å²) in [4.78, 5) is 153. The fourth-order valence-corrected chi connectivity index (χ4v) is 19.0. The van der Waals surface area contributed by atoms with Gasteiger partial charge in [-0.05, 0) is 118 Å². The Hall–Kier alpha value is -5.51. The van der Waals surface area contributed by atoms with E-state index in [2.05, 4.69) is 24.3 Å². The first kappa shape index (κ1) is 129. The number of likely N-dealkylation sites (N-methyl/N-ethyl adjacent to an activating group) is 3. The number of phosphoric acid groups is 3. The van der Waals surface area contributed by atoms with Crippen LogP contribution in [0.25, 0.3) is 0 Å². The summed E-state index contributed by atoms with van der Waals surface area (Å²) >= 11 is 0. The molecule has 0 saturated heterocycles. The largest absolute Gasteiger partial charge is 3.00 e. The van der Waals surface area contributed by atoms with Crippen LogP contribution in [-0.4, -0.2) is 312 Å². The number of hydrogen-bond acceptors (Lipinski definition) is 39. The Labute approximate surface area is 903 Å². The van der Waals surface area contributed by atoms with Gasteiger partial charge in [0.25, 0.3) is 23.5 Å². The van der Waals surface area contributed by atoms with Crippen LogP contribution in [-0.2, 0) is 102 Å². The molecule has 763 valence electrons. The summed E-state index contributed by atoms with van der Waals surface area (Å²) in [6.45, 7) is 6.56. The van der Waals surface area contributed by atoms with E-state index in [1.165, 1.54) is 14.7 Å². The topological polar surface area (TPSA) is 566 Å². The molecule has 1 saturated carbocycles. The molecule has 6 aromatic rings. The van der Waals surface area contributed by atoms with E-state index in [-0.39, 0.29) is 216 Å². The molecule has 6 unspecified atom stereocenters. The van der Waals surface area contributed by atoms with E-state index in [9.17, 15) is 117 Å². The number of aliphatic carboxylic acids is 9. The molecule has 6 atom stereocenters. The van der Waals surface area contributed by atoms with E-state index in [1.807, 2.05) is 214 Å². The van der Waals surface area contributed by atoms with Gasteiger partial charge in [0.15, 0.2) is 0 Å². The van der Waals surface area contributed by atoms with E-state index in [4.69, 9.17) is 27.1 Å². The van der Waals surface area contributed by atoms with Crippen molar-refractivity contribution in [2.24, 2.45) is 0 Å². The number of phosphoric ester groups is 3. The SMILES string of the molecule is CCN(CC)C(COP(=O)([O-])OC(Cc1ccccc1)Cc1ccccc1)CN(CCN(CC(=O)[O-])CC(=O)[O-])CC(=O)[O-].CCN(CC)C(COP(=O)([O-])OC1CCC(c2ccccc2)(c2ccccc2)CC1)CN(CCN(CC(=O)[O-])CC(=O)[O-])CC(=O)[O-].CCN(CC)C(COP(=O)([O-])OCCC(c1ccccc1)c1ccccc1)CN(CCN(CC(=O)[O-])CC(=O)[O-])CC(=O)[O-].[Gd+3].[Gd+3].[Gd+3]. The number of hydrogen-bond donors (Lipinski definition) is 0. The zero-order valence-corrected chi connectivity index (χ0v) is 87.7. The van der Waals surface area contributed by atoms with Crippen LogP contribution < -0.4 is 60.6 Å². The van der Waals surface area contributed by atoms with Crippen molar-refractivity contribution in [3.8, 4) is 0 Å². The maximum atomic E-state index is 13.1. The van der Waals surface area contributed by atoms with Crippen LogP contribution in [0.2, 0.25) is 0 Å². The number of carboxylic acid groups (broad SMARTS) is 9. The molecular formula is C93H124Gd3N9O30P3-3. The molecular weight excluding hydrogens is 2290 g/mol. The second kappa shape index (κ2) is 69.5. The average Bonchev–Trinajstić information content (AvgIpc) is 0.766. The van der Waals surface area contributed by atoms with Gasteiger partial charge in [0.1, 0.15) is 0 Å². The van der Waals surface area contributed by atoms with Crippen LogP contribution in [0.4, 0.5) is 0 Å². The van der Waals surface area contributed by atoms with Gasteiger partial charge >= 0.3 is 120 Å². The number of carboxylic acids is 9. The van der Waals surface area contributed by atoms with E-state index in [0.717, 1.165) is 48.1 Å². The van der Waals surface area contributed by atoms with Gasteiger partial charge < -0.3 is 131 Å². The zero-order chi connectivity index (χ0) is 99.5. The molecule has 1 fully saturated rings. The van der Waals surface area contributed by atoms with Crippen LogP contribution >= 0.6 is 23.5 Å². The van der Waals surface area contributed by atoms with Crippen LogP contribution in [0, 0.1) is 120 Å². The Morgan fingerprint density at radius 2 is 0.587 bits per heavy atom. The number of benzene rings is 6. The third-order valence-corrected chi connectivity index (χ3v) is 25.7. The molecule has 0 amide bonds. The predicted octanol–water partition coefficient (Wildman–Crippen LogP) is -4.84. The first-order chi connectivity index (χ1) is 64.2. The summed E-state index contributed by atoms with van der Waals surface area (Å²) in [6, 6.07) is 56.4. The van der Waals surface area contributed by atoms with Gasteiger partial charge in [-0.1, -0.05) is 224 Å². The minimum atomic E-state index is -4.85. The number of carbonyl (C=O) groups excluding carboxylic acids is 9. The molecule has 0 spiro atoms. The summed E-state index contributed by atoms with van der Waals surface area (Å²) in [5.41, 5.74) is 5.85. The van der Waals surface area contributed by atoms with Crippen molar-refractivity contribution in [3.05, 3.63) is 215 Å². The molecule has 0 bridgehead atoms. The van der Waals surface area contributed by atoms with Gasteiger partial charge in [0.05, 0.1) is 92.4 Å². The summed E-state index contributed by atoms with van der Waals surface area (Å²) in [5.74, 6) is -13.4. The first-order valence-electron chi connectivity index (χ1n) is 44.7. The van der Waals surface area contributed by atoms with E-state index >= 15 is 0 Å². The molecule has 0 aliphatic heterocycles. The Kier molecular flexibility index (Phi) is 64.7. The van der Waals surface area contributed by atoms with Crippen molar-refractivity contribution in [1.82, 2.24) is 44.1 Å². The summed E-state index contributed by atoms with van der Waals surface area (Å²) in [7, 11) is -14.4. The minimum absolute atomic E-state index is 0. The Morgan fingerprint density at radius 1 is 0.341 bits per heavy atom. The van der Waals surface area contributed by atoms with Crippen molar-refractivity contribution >= 4 is 77.2 Å². The molecule has 1 aliphatic carbocycles. The third-order valence-electron chi connectivity index (χ3n) is 22.7. The van der Waals surface area contributed by atoms with Gasteiger partial charge in [-0.15, -0.1) is 0 Å². The Balaban J connectivity index is 0.000000693. The molecule has 0 heterocycles. The molecule has 138 heavy (non-hydrogen) atoms. The van der Waals surface area contributed by atoms with Crippen molar-refractivity contribution in [1.29, 1.82) is 0 Å². The Bertz CT molecular complexity index is 4480. The van der Waals surface area contributed by atoms with Gasteiger partial charge in [-0.2, -0.15) is 0 Å². The molecule has 7 rings (SSSR count). The van der Waals surface area contributed by atoms with E-state index < -0.39 is 166 Å². The van der Waals surface area contributed by atoms with E-state index in [0.29, 0.717) is 84.2 Å². The normalized spacial score (nSPS) is 14.6. The quantitative estimate of drug-likeness (QED) is 0.0323. The van der Waals surface area contributed by atoms with Crippen molar-refractivity contribution in [2.45, 2.75) is 128 Å². The fraction of sp³-hybridized carbons (Fsp3) is 0.516. The second-order valence-corrected chi connectivity index (χ2v) is 36.4. The fourth-order valence-electron chi connectivity index (χ4n) is 16.3. The molecule has 39 nitrogen and oxygen atoms in total. The van der Waals surface area contributed by atoms with Gasteiger partial charge in [0, 0.05) is 147 Å². The molecule has 6 aromatic carbocycles. The van der Waals surface area contributed by atoms with E-state index in [1.54, 1.807) is 0 Å². The molecule has 0 N–H and O–H groups in total. The Morgan fingerprint density at radius 3 is 0.862 bits per heavy atom. The summed E-state index contributed by atoms with van der Waals surface area (Å²) < 4.78 is 71.5. The number of carbonyl (C=O) groups is 9. The van der Waals surface area contributed by atoms with Crippen LogP contribution in [0.3, 0.4) is 0 Å². The van der Waals surface area contributed by atoms with Crippen LogP contribution in [0.5, 0.6) is 0 Å². The standard InChI is InChI=1S/C33H48N3O10P.2C30H44N3O10P.3Gd/c1-3-36(4-2)28(21-34(22-30(37)38)19-20-35(23-31(39)40)24-32(41)42)25-45-47(43,44)46-29-15-17-33(18-16-29,26-11-7-5-8-12-26)27-13-9-6-10-14-27;1-3-33(4-2)26(19-31(20-28(34)35)16-17-32(21-29(36)37)22-30(38)39)23-43-44(40,41)42-18-15-27(24-11-7-5-8-12-24)25-13-9-6-10-14-25;1-3-33(4-2)26(19-31(20-28(34)35)15-16-32(21-29(36)37)22-30(38)39)23-42-44(40,41)43-27(17-24-11-7-5-8-12-24)18-25-13-9-6-10-14-25;;;/h5-14,28-29H,3-4,15-25H2,1-2H3,(H,37,38)(H,39,40)(H,41,42)(H,43,44);2*5-14,26-27H,3-4,15-23H2,1-2H3,(H,34,35)(H,36,37)(H,38,39)(H,40,41);;;/q;;;3*+3/p-12. The van der Waals surface area contributed by atoms with Crippen LogP contribution in [0.15, 0.2) is 182 Å². The second-order valence-electron chi connectivity index (χ2n) is 32.3. The maximum absolute atomic E-state index is 13.1. The smallest absolute Gasteiger partial charge is 0.756 e. The monoisotopic (exact) mass is 2410 g/mol. The van der Waals surface area contributed by atoms with Gasteiger partial charge in [-0.25, -0.2) is 0 Å². The molecule has 45 heteroatoms. The van der Waals surface area contributed by atoms with Gasteiger partial charge in [-0.3, -0.25) is 57.8 Å². The molecule has 3 radical (unpaired) electrons. The maximum Gasteiger partial charge on any atom is 3.00 e. The predicted molar refractivity (Wildman–Crippen MR) is 472 cm³/mol.